The van der Waals surface area contributed by atoms with E-state index in [1.807, 2.05) is 6.07 Å². The molecule has 4 nitrogen and oxygen atoms in total. The first kappa shape index (κ1) is 11.5. The van der Waals surface area contributed by atoms with Crippen LogP contribution in [0.4, 0.5) is 11.4 Å². The number of anilines is 2. The Balaban J connectivity index is 2.63. The van der Waals surface area contributed by atoms with Gasteiger partial charge in [0, 0.05) is 29.4 Å². The molecule has 0 saturated carbocycles. The minimum Gasteiger partial charge on any atom is -0.397 e. The van der Waals surface area contributed by atoms with Gasteiger partial charge in [-0.1, -0.05) is 0 Å². The largest absolute Gasteiger partial charge is 0.397 e. The van der Waals surface area contributed by atoms with Crippen LogP contribution in [-0.4, -0.2) is 22.8 Å². The SMILES string of the molecule is CS(=O)CCNc1ccc(C#N)cc1N. The molecule has 0 bridgehead atoms. The van der Waals surface area contributed by atoms with E-state index in [9.17, 15) is 4.21 Å². The van der Waals surface area contributed by atoms with Gasteiger partial charge in [-0.2, -0.15) is 5.26 Å². The number of rotatable bonds is 4. The van der Waals surface area contributed by atoms with Gasteiger partial charge in [-0.3, -0.25) is 4.21 Å². The fourth-order valence-corrected chi connectivity index (χ4v) is 1.51. The highest BCUT2D eigenvalue weighted by Crippen LogP contribution is 2.18. The molecule has 0 aliphatic carbocycles. The second-order valence-corrected chi connectivity index (χ2v) is 4.67. The molecule has 15 heavy (non-hydrogen) atoms. The van der Waals surface area contributed by atoms with E-state index in [0.717, 1.165) is 5.69 Å². The topological polar surface area (TPSA) is 78.9 Å². The van der Waals surface area contributed by atoms with Crippen molar-refractivity contribution < 1.29 is 4.21 Å². The van der Waals surface area contributed by atoms with Gasteiger partial charge < -0.3 is 11.1 Å². The molecule has 1 rings (SSSR count). The first-order chi connectivity index (χ1) is 7.13. The standard InChI is InChI=1S/C10H13N3OS/c1-15(14)5-4-13-10-3-2-8(7-11)6-9(10)12/h2-3,6,13H,4-5,12H2,1H3. The van der Waals surface area contributed by atoms with E-state index < -0.39 is 10.8 Å². The van der Waals surface area contributed by atoms with Crippen molar-refractivity contribution >= 4 is 22.2 Å². The van der Waals surface area contributed by atoms with Crippen molar-refractivity contribution in [3.05, 3.63) is 23.8 Å². The average molecular weight is 223 g/mol. The third kappa shape index (κ3) is 3.60. The monoisotopic (exact) mass is 223 g/mol. The second kappa shape index (κ2) is 5.37. The van der Waals surface area contributed by atoms with Crippen LogP contribution in [0.3, 0.4) is 0 Å². The maximum absolute atomic E-state index is 10.8. The summed E-state index contributed by atoms with van der Waals surface area (Å²) in [6.45, 7) is 0.610. The lowest BCUT2D eigenvalue weighted by Crippen LogP contribution is -2.11. The van der Waals surface area contributed by atoms with Gasteiger partial charge in [0.2, 0.25) is 0 Å². The van der Waals surface area contributed by atoms with Crippen LogP contribution in [0.2, 0.25) is 0 Å². The highest BCUT2D eigenvalue weighted by atomic mass is 32.2. The summed E-state index contributed by atoms with van der Waals surface area (Å²) in [5, 5.41) is 11.7. The average Bonchev–Trinajstić information content (AvgIpc) is 2.20. The molecule has 0 spiro atoms. The predicted octanol–water partition coefficient (Wildman–Crippen LogP) is 0.931. The third-order valence-electron chi connectivity index (χ3n) is 1.89. The van der Waals surface area contributed by atoms with Crippen LogP contribution < -0.4 is 11.1 Å². The molecule has 80 valence electrons. The minimum atomic E-state index is -0.807. The van der Waals surface area contributed by atoms with Gasteiger partial charge in [-0.05, 0) is 18.2 Å². The summed E-state index contributed by atoms with van der Waals surface area (Å²) in [5.41, 5.74) is 7.58. The van der Waals surface area contributed by atoms with Crippen molar-refractivity contribution in [3.63, 3.8) is 0 Å². The molecule has 0 aliphatic heterocycles. The van der Waals surface area contributed by atoms with Crippen LogP contribution in [-0.2, 0) is 10.8 Å². The highest BCUT2D eigenvalue weighted by molar-refractivity contribution is 7.84. The van der Waals surface area contributed by atoms with Crippen molar-refractivity contribution in [3.8, 4) is 6.07 Å². The van der Waals surface area contributed by atoms with Gasteiger partial charge in [0.15, 0.2) is 0 Å². The molecule has 5 heteroatoms. The van der Waals surface area contributed by atoms with Gasteiger partial charge in [0.25, 0.3) is 0 Å². The van der Waals surface area contributed by atoms with E-state index >= 15 is 0 Å². The van der Waals surface area contributed by atoms with E-state index in [4.69, 9.17) is 11.0 Å². The van der Waals surface area contributed by atoms with Crippen LogP contribution in [0.5, 0.6) is 0 Å². The van der Waals surface area contributed by atoms with Crippen LogP contribution in [0.15, 0.2) is 18.2 Å². The molecule has 0 heterocycles. The zero-order valence-corrected chi connectivity index (χ0v) is 9.30. The Morgan fingerprint density at radius 1 is 1.60 bits per heavy atom. The number of nitrogens with two attached hydrogens (primary N) is 1. The lowest BCUT2D eigenvalue weighted by Gasteiger charge is -2.08. The lowest BCUT2D eigenvalue weighted by molar-refractivity contribution is 0.687. The summed E-state index contributed by atoms with van der Waals surface area (Å²) >= 11 is 0. The van der Waals surface area contributed by atoms with E-state index in [-0.39, 0.29) is 0 Å². The summed E-state index contributed by atoms with van der Waals surface area (Å²) < 4.78 is 10.8. The second-order valence-electron chi connectivity index (χ2n) is 3.12. The molecule has 3 N–H and O–H groups in total. The zero-order chi connectivity index (χ0) is 11.3. The molecule has 1 aromatic rings. The van der Waals surface area contributed by atoms with Crippen LogP contribution in [0.1, 0.15) is 5.56 Å². The number of benzene rings is 1. The third-order valence-corrected chi connectivity index (χ3v) is 2.66. The molecular formula is C10H13N3OS. The van der Waals surface area contributed by atoms with Crippen LogP contribution in [0.25, 0.3) is 0 Å². The number of nitrogen functional groups attached to an aromatic ring is 1. The zero-order valence-electron chi connectivity index (χ0n) is 8.49. The van der Waals surface area contributed by atoms with Gasteiger partial charge >= 0.3 is 0 Å². The van der Waals surface area contributed by atoms with Gasteiger partial charge in [0.1, 0.15) is 0 Å². The fraction of sp³-hybridized carbons (Fsp3) is 0.300. The Bertz CT molecular complexity index is 412. The number of nitriles is 1. The van der Waals surface area contributed by atoms with Crippen molar-refractivity contribution in [2.24, 2.45) is 0 Å². The van der Waals surface area contributed by atoms with Crippen molar-refractivity contribution in [2.75, 3.05) is 29.6 Å². The molecule has 0 fully saturated rings. The van der Waals surface area contributed by atoms with Gasteiger partial charge in [-0.25, -0.2) is 0 Å². The first-order valence-electron chi connectivity index (χ1n) is 4.47. The Kier molecular flexibility index (Phi) is 4.13. The van der Waals surface area contributed by atoms with Gasteiger partial charge in [0.05, 0.1) is 23.0 Å². The smallest absolute Gasteiger partial charge is 0.0992 e. The highest BCUT2D eigenvalue weighted by Gasteiger charge is 2.00. The molecule has 1 aromatic carbocycles. The van der Waals surface area contributed by atoms with Gasteiger partial charge in [-0.15, -0.1) is 0 Å². The first-order valence-corrected chi connectivity index (χ1v) is 6.19. The molecular weight excluding hydrogens is 210 g/mol. The summed E-state index contributed by atoms with van der Waals surface area (Å²) in [7, 11) is -0.807. The predicted molar refractivity (Wildman–Crippen MR) is 63.0 cm³/mol. The molecule has 0 radical (unpaired) electrons. The fourth-order valence-electron chi connectivity index (χ4n) is 1.12. The molecule has 0 amide bonds. The van der Waals surface area contributed by atoms with Crippen molar-refractivity contribution in [2.45, 2.75) is 0 Å². The van der Waals surface area contributed by atoms with E-state index in [1.165, 1.54) is 0 Å². The van der Waals surface area contributed by atoms with Crippen LogP contribution >= 0.6 is 0 Å². The normalized spacial score (nSPS) is 11.7. The summed E-state index contributed by atoms with van der Waals surface area (Å²) in [6.07, 6.45) is 1.66. The Hall–Kier alpha value is -1.54. The van der Waals surface area contributed by atoms with E-state index in [0.29, 0.717) is 23.5 Å². The Labute approximate surface area is 91.5 Å². The van der Waals surface area contributed by atoms with Crippen molar-refractivity contribution in [1.82, 2.24) is 0 Å². The molecule has 1 unspecified atom stereocenters. The maximum atomic E-state index is 10.8. The van der Waals surface area contributed by atoms with E-state index in [2.05, 4.69) is 5.32 Å². The summed E-state index contributed by atoms with van der Waals surface area (Å²) in [6, 6.07) is 7.08. The van der Waals surface area contributed by atoms with Crippen LogP contribution in [0, 0.1) is 11.3 Å². The summed E-state index contributed by atoms with van der Waals surface area (Å²) in [5.74, 6) is 0.583. The quantitative estimate of drug-likeness (QED) is 0.744. The molecule has 1 atom stereocenters. The number of hydrogen-bond acceptors (Lipinski definition) is 4. The minimum absolute atomic E-state index is 0.538. The molecule has 0 aliphatic rings. The Morgan fingerprint density at radius 2 is 2.33 bits per heavy atom. The van der Waals surface area contributed by atoms with E-state index in [1.54, 1.807) is 24.5 Å². The lowest BCUT2D eigenvalue weighted by atomic mass is 10.2. The number of nitrogens with one attached hydrogen (secondary N) is 1. The Morgan fingerprint density at radius 3 is 2.87 bits per heavy atom. The molecule has 0 aromatic heterocycles. The number of hydrogen-bond donors (Lipinski definition) is 2. The summed E-state index contributed by atoms with van der Waals surface area (Å²) in [4.78, 5) is 0. The molecule has 0 saturated heterocycles. The van der Waals surface area contributed by atoms with Crippen molar-refractivity contribution in [1.29, 1.82) is 5.26 Å². The number of nitrogens with zero attached hydrogens (tertiary/aromatic N) is 1. The maximum Gasteiger partial charge on any atom is 0.0992 e.